The molecule has 0 fully saturated rings. The Morgan fingerprint density at radius 2 is 1.95 bits per heavy atom. The van der Waals surface area contributed by atoms with Gasteiger partial charge in [0.05, 0.1) is 6.61 Å². The average molecular weight is 292 g/mol. The van der Waals surface area contributed by atoms with Crippen LogP contribution in [0.25, 0.3) is 0 Å². The van der Waals surface area contributed by atoms with Crippen molar-refractivity contribution < 1.29 is 9.53 Å². The lowest BCUT2D eigenvalue weighted by atomic mass is 10.1. The Hall–Kier alpha value is -1.98. The first-order chi connectivity index (χ1) is 9.70. The second-order valence-corrected chi connectivity index (χ2v) is 4.51. The van der Waals surface area contributed by atoms with E-state index in [1.54, 1.807) is 7.11 Å². The third-order valence-corrected chi connectivity index (χ3v) is 2.92. The average Bonchev–Trinajstić information content (AvgIpc) is 2.47. The van der Waals surface area contributed by atoms with Crippen LogP contribution in [0.15, 0.2) is 36.4 Å². The Balaban J connectivity index is 2.01. The van der Waals surface area contributed by atoms with E-state index in [1.165, 1.54) is 12.1 Å². The molecule has 2 rings (SSSR count). The number of amides is 1. The fourth-order valence-electron chi connectivity index (χ4n) is 1.73. The van der Waals surface area contributed by atoms with Gasteiger partial charge in [-0.3, -0.25) is 4.79 Å². The van der Waals surface area contributed by atoms with Gasteiger partial charge < -0.3 is 10.1 Å². The maximum atomic E-state index is 11.9. The molecule has 0 spiro atoms. The SMILES string of the molecule is COCc1ccccc1CNC(=O)c1ccc(Cl)nn1. The van der Waals surface area contributed by atoms with E-state index < -0.39 is 0 Å². The van der Waals surface area contributed by atoms with Crippen LogP contribution in [0.4, 0.5) is 0 Å². The number of hydrogen-bond donors (Lipinski definition) is 1. The molecule has 104 valence electrons. The molecule has 0 unspecified atom stereocenters. The van der Waals surface area contributed by atoms with Gasteiger partial charge >= 0.3 is 0 Å². The molecule has 1 aromatic carbocycles. The van der Waals surface area contributed by atoms with Crippen molar-refractivity contribution in [3.63, 3.8) is 0 Å². The number of aromatic nitrogens is 2. The summed E-state index contributed by atoms with van der Waals surface area (Å²) in [6, 6.07) is 10.8. The minimum absolute atomic E-state index is 0.235. The Kier molecular flexibility index (Phi) is 5.03. The summed E-state index contributed by atoms with van der Waals surface area (Å²) in [5.41, 5.74) is 2.28. The number of carbonyl (C=O) groups is 1. The minimum Gasteiger partial charge on any atom is -0.380 e. The van der Waals surface area contributed by atoms with E-state index in [4.69, 9.17) is 16.3 Å². The Morgan fingerprint density at radius 1 is 1.20 bits per heavy atom. The largest absolute Gasteiger partial charge is 0.380 e. The van der Waals surface area contributed by atoms with E-state index in [0.29, 0.717) is 13.2 Å². The summed E-state index contributed by atoms with van der Waals surface area (Å²) in [6.07, 6.45) is 0. The molecule has 20 heavy (non-hydrogen) atoms. The Bertz CT molecular complexity index is 587. The van der Waals surface area contributed by atoms with Crippen LogP contribution in [-0.2, 0) is 17.9 Å². The summed E-state index contributed by atoms with van der Waals surface area (Å²) in [4.78, 5) is 11.9. The summed E-state index contributed by atoms with van der Waals surface area (Å²) < 4.78 is 5.12. The van der Waals surface area contributed by atoms with Gasteiger partial charge in [0.2, 0.25) is 0 Å². The summed E-state index contributed by atoms with van der Waals surface area (Å²) in [5, 5.41) is 10.4. The van der Waals surface area contributed by atoms with Gasteiger partial charge in [-0.05, 0) is 23.3 Å². The van der Waals surface area contributed by atoms with Gasteiger partial charge in [0.1, 0.15) is 0 Å². The van der Waals surface area contributed by atoms with Crippen LogP contribution in [0.5, 0.6) is 0 Å². The number of nitrogens with one attached hydrogen (secondary N) is 1. The van der Waals surface area contributed by atoms with E-state index in [-0.39, 0.29) is 16.8 Å². The predicted molar refractivity (Wildman–Crippen MR) is 75.4 cm³/mol. The maximum absolute atomic E-state index is 11.9. The molecule has 0 atom stereocenters. The molecule has 1 heterocycles. The summed E-state index contributed by atoms with van der Waals surface area (Å²) >= 11 is 5.63. The van der Waals surface area contributed by atoms with Crippen LogP contribution in [0, 0.1) is 0 Å². The third kappa shape index (κ3) is 3.76. The van der Waals surface area contributed by atoms with Crippen molar-refractivity contribution in [3.8, 4) is 0 Å². The molecule has 0 saturated heterocycles. The van der Waals surface area contributed by atoms with Crippen LogP contribution in [-0.4, -0.2) is 23.2 Å². The molecule has 6 heteroatoms. The lowest BCUT2D eigenvalue weighted by Gasteiger charge is -2.09. The molecule has 1 aromatic heterocycles. The van der Waals surface area contributed by atoms with Gasteiger partial charge in [-0.25, -0.2) is 0 Å². The van der Waals surface area contributed by atoms with Crippen LogP contribution in [0.3, 0.4) is 0 Å². The molecule has 0 radical (unpaired) electrons. The van der Waals surface area contributed by atoms with Crippen molar-refractivity contribution in [3.05, 3.63) is 58.4 Å². The number of methoxy groups -OCH3 is 1. The molecule has 5 nitrogen and oxygen atoms in total. The standard InChI is InChI=1S/C14H14ClN3O2/c1-20-9-11-5-3-2-4-10(11)8-16-14(19)12-6-7-13(15)18-17-12/h2-7H,8-9H2,1H3,(H,16,19). The first-order valence-corrected chi connectivity index (χ1v) is 6.41. The normalized spacial score (nSPS) is 10.3. The second-order valence-electron chi connectivity index (χ2n) is 4.13. The van der Waals surface area contributed by atoms with Crippen LogP contribution in [0.2, 0.25) is 5.15 Å². The van der Waals surface area contributed by atoms with Crippen molar-refractivity contribution in [1.82, 2.24) is 15.5 Å². The number of nitrogens with zero attached hydrogens (tertiary/aromatic N) is 2. The summed E-state index contributed by atoms with van der Waals surface area (Å²) in [6.45, 7) is 0.912. The lowest BCUT2D eigenvalue weighted by Crippen LogP contribution is -2.24. The van der Waals surface area contributed by atoms with Crippen LogP contribution >= 0.6 is 11.6 Å². The van der Waals surface area contributed by atoms with Crippen molar-refractivity contribution in [2.75, 3.05) is 7.11 Å². The highest BCUT2D eigenvalue weighted by Crippen LogP contribution is 2.10. The lowest BCUT2D eigenvalue weighted by molar-refractivity contribution is 0.0944. The van der Waals surface area contributed by atoms with E-state index >= 15 is 0 Å². The molecule has 0 bridgehead atoms. The number of rotatable bonds is 5. The van der Waals surface area contributed by atoms with E-state index in [1.807, 2.05) is 24.3 Å². The second kappa shape index (κ2) is 6.98. The van der Waals surface area contributed by atoms with Crippen LogP contribution < -0.4 is 5.32 Å². The monoisotopic (exact) mass is 291 g/mol. The summed E-state index contributed by atoms with van der Waals surface area (Å²) in [5.74, 6) is -0.290. The highest BCUT2D eigenvalue weighted by molar-refractivity contribution is 6.29. The van der Waals surface area contributed by atoms with Gasteiger partial charge in [-0.15, -0.1) is 10.2 Å². The van der Waals surface area contributed by atoms with E-state index in [2.05, 4.69) is 15.5 Å². The van der Waals surface area contributed by atoms with E-state index in [0.717, 1.165) is 11.1 Å². The molecule has 1 N–H and O–H groups in total. The first kappa shape index (κ1) is 14.4. The quantitative estimate of drug-likeness (QED) is 0.917. The molecule has 0 aliphatic carbocycles. The van der Waals surface area contributed by atoms with Gasteiger partial charge in [-0.1, -0.05) is 35.9 Å². The fraction of sp³-hybridized carbons (Fsp3) is 0.214. The first-order valence-electron chi connectivity index (χ1n) is 6.04. The van der Waals surface area contributed by atoms with Crippen molar-refractivity contribution in [2.24, 2.45) is 0 Å². The van der Waals surface area contributed by atoms with E-state index in [9.17, 15) is 4.79 Å². The minimum atomic E-state index is -0.290. The summed E-state index contributed by atoms with van der Waals surface area (Å²) in [7, 11) is 1.64. The van der Waals surface area contributed by atoms with Crippen molar-refractivity contribution in [2.45, 2.75) is 13.2 Å². The number of carbonyl (C=O) groups excluding carboxylic acids is 1. The molecular formula is C14H14ClN3O2. The third-order valence-electron chi connectivity index (χ3n) is 2.72. The topological polar surface area (TPSA) is 64.1 Å². The smallest absolute Gasteiger partial charge is 0.272 e. The molecular weight excluding hydrogens is 278 g/mol. The zero-order valence-corrected chi connectivity index (χ0v) is 11.7. The Morgan fingerprint density at radius 3 is 2.60 bits per heavy atom. The highest BCUT2D eigenvalue weighted by atomic mass is 35.5. The number of ether oxygens (including phenoxy) is 1. The maximum Gasteiger partial charge on any atom is 0.272 e. The molecule has 2 aromatic rings. The van der Waals surface area contributed by atoms with Gasteiger partial charge in [0.25, 0.3) is 5.91 Å². The number of halogens is 1. The predicted octanol–water partition coefficient (Wildman–Crippen LogP) is 2.21. The number of benzene rings is 1. The molecule has 1 amide bonds. The highest BCUT2D eigenvalue weighted by Gasteiger charge is 2.09. The molecule has 0 saturated carbocycles. The van der Waals surface area contributed by atoms with Crippen molar-refractivity contribution in [1.29, 1.82) is 0 Å². The number of hydrogen-bond acceptors (Lipinski definition) is 4. The van der Waals surface area contributed by atoms with Gasteiger partial charge in [-0.2, -0.15) is 0 Å². The fourth-order valence-corrected chi connectivity index (χ4v) is 1.83. The van der Waals surface area contributed by atoms with Crippen molar-refractivity contribution >= 4 is 17.5 Å². The van der Waals surface area contributed by atoms with Gasteiger partial charge in [0, 0.05) is 13.7 Å². The van der Waals surface area contributed by atoms with Crippen LogP contribution in [0.1, 0.15) is 21.6 Å². The Labute approximate surface area is 121 Å². The molecule has 0 aliphatic heterocycles. The zero-order valence-electron chi connectivity index (χ0n) is 11.0. The zero-order chi connectivity index (χ0) is 14.4. The molecule has 0 aliphatic rings. The van der Waals surface area contributed by atoms with Gasteiger partial charge in [0.15, 0.2) is 10.8 Å².